The van der Waals surface area contributed by atoms with E-state index in [4.69, 9.17) is 9.47 Å². The van der Waals surface area contributed by atoms with Crippen molar-refractivity contribution in [3.8, 4) is 5.75 Å². The Balaban J connectivity index is 1.63. The van der Waals surface area contributed by atoms with Gasteiger partial charge in [0.15, 0.2) is 6.10 Å². The molecule has 0 saturated carbocycles. The van der Waals surface area contributed by atoms with Gasteiger partial charge in [-0.2, -0.15) is 0 Å². The van der Waals surface area contributed by atoms with Crippen LogP contribution < -0.4 is 15.0 Å². The number of nitrogens with one attached hydrogen (secondary N) is 1. The second-order valence-corrected chi connectivity index (χ2v) is 7.66. The standard InChI is InChI=1S/C24H28N2O5/c1-5-17-8-6-7-9-20(17)26-14-18(13-22(26)27)24(29)31-16(3)23(28)25-19-12-15(2)10-11-21(19)30-4/h6-12,16,18H,5,13-14H2,1-4H3,(H,25,28)/t16-,18-/m1/s1. The van der Waals surface area contributed by atoms with Gasteiger partial charge in [-0.25, -0.2) is 0 Å². The lowest BCUT2D eigenvalue weighted by Gasteiger charge is -2.20. The maximum Gasteiger partial charge on any atom is 0.312 e. The molecule has 2 amide bonds. The van der Waals surface area contributed by atoms with Crippen LogP contribution in [0.1, 0.15) is 31.4 Å². The topological polar surface area (TPSA) is 84.9 Å². The second-order valence-electron chi connectivity index (χ2n) is 7.66. The SMILES string of the molecule is CCc1ccccc1N1C[C@H](C(=O)O[C@H](C)C(=O)Nc2cc(C)ccc2OC)CC1=O. The summed E-state index contributed by atoms with van der Waals surface area (Å²) in [7, 11) is 1.52. The number of esters is 1. The smallest absolute Gasteiger partial charge is 0.312 e. The molecule has 2 atom stereocenters. The zero-order valence-corrected chi connectivity index (χ0v) is 18.3. The Bertz CT molecular complexity index is 988. The molecular weight excluding hydrogens is 396 g/mol. The number of rotatable bonds is 7. The highest BCUT2D eigenvalue weighted by Crippen LogP contribution is 2.29. The third-order valence-corrected chi connectivity index (χ3v) is 5.40. The van der Waals surface area contributed by atoms with Crippen LogP contribution in [0.25, 0.3) is 0 Å². The summed E-state index contributed by atoms with van der Waals surface area (Å²) in [5.74, 6) is -1.23. The molecule has 31 heavy (non-hydrogen) atoms. The molecule has 1 fully saturated rings. The number of ether oxygens (including phenoxy) is 2. The largest absolute Gasteiger partial charge is 0.495 e. The van der Waals surface area contributed by atoms with Crippen LogP contribution in [0.15, 0.2) is 42.5 Å². The molecule has 2 aromatic carbocycles. The number of aryl methyl sites for hydroxylation is 2. The number of carbonyl (C=O) groups excluding carboxylic acids is 3. The lowest BCUT2D eigenvalue weighted by Crippen LogP contribution is -2.33. The van der Waals surface area contributed by atoms with Crippen molar-refractivity contribution in [1.82, 2.24) is 0 Å². The molecule has 1 N–H and O–H groups in total. The highest BCUT2D eigenvalue weighted by Gasteiger charge is 2.38. The molecule has 164 valence electrons. The third-order valence-electron chi connectivity index (χ3n) is 5.40. The predicted molar refractivity (Wildman–Crippen MR) is 118 cm³/mol. The number of methoxy groups -OCH3 is 1. The number of hydrogen-bond acceptors (Lipinski definition) is 5. The molecule has 0 unspecified atom stereocenters. The molecule has 7 nitrogen and oxygen atoms in total. The average Bonchev–Trinajstić information content (AvgIpc) is 3.15. The summed E-state index contributed by atoms with van der Waals surface area (Å²) in [6.45, 7) is 5.68. The van der Waals surface area contributed by atoms with E-state index >= 15 is 0 Å². The van der Waals surface area contributed by atoms with E-state index in [0.717, 1.165) is 23.2 Å². The van der Waals surface area contributed by atoms with E-state index in [0.29, 0.717) is 11.4 Å². The fourth-order valence-corrected chi connectivity index (χ4v) is 3.65. The van der Waals surface area contributed by atoms with E-state index in [2.05, 4.69) is 5.32 Å². The van der Waals surface area contributed by atoms with Crippen LogP contribution in [0.5, 0.6) is 5.75 Å². The Hall–Kier alpha value is -3.35. The fraction of sp³-hybridized carbons (Fsp3) is 0.375. The first kappa shape index (κ1) is 22.3. The van der Waals surface area contributed by atoms with Gasteiger partial charge in [-0.15, -0.1) is 0 Å². The van der Waals surface area contributed by atoms with Crippen molar-refractivity contribution >= 4 is 29.2 Å². The van der Waals surface area contributed by atoms with Crippen LogP contribution in [-0.2, 0) is 25.5 Å². The molecular formula is C24H28N2O5. The normalized spacial score (nSPS) is 16.7. The van der Waals surface area contributed by atoms with Gasteiger partial charge in [0.25, 0.3) is 5.91 Å². The van der Waals surface area contributed by atoms with Gasteiger partial charge in [0, 0.05) is 18.7 Å². The zero-order chi connectivity index (χ0) is 22.5. The molecule has 0 radical (unpaired) electrons. The minimum atomic E-state index is -1.01. The first-order chi connectivity index (χ1) is 14.8. The van der Waals surface area contributed by atoms with Gasteiger partial charge in [-0.1, -0.05) is 31.2 Å². The maximum atomic E-state index is 12.7. The Morgan fingerprint density at radius 1 is 1.23 bits per heavy atom. The van der Waals surface area contributed by atoms with Crippen molar-refractivity contribution in [3.63, 3.8) is 0 Å². The molecule has 0 aliphatic carbocycles. The summed E-state index contributed by atoms with van der Waals surface area (Å²) in [6.07, 6.45) is -0.157. The van der Waals surface area contributed by atoms with Gasteiger partial charge < -0.3 is 19.7 Å². The fourth-order valence-electron chi connectivity index (χ4n) is 3.65. The zero-order valence-electron chi connectivity index (χ0n) is 18.3. The van der Waals surface area contributed by atoms with Crippen molar-refractivity contribution in [1.29, 1.82) is 0 Å². The van der Waals surface area contributed by atoms with Crippen LogP contribution in [-0.4, -0.2) is 37.5 Å². The van der Waals surface area contributed by atoms with Crippen molar-refractivity contribution in [3.05, 3.63) is 53.6 Å². The number of hydrogen-bond donors (Lipinski definition) is 1. The molecule has 3 rings (SSSR count). The molecule has 0 bridgehead atoms. The molecule has 2 aromatic rings. The second kappa shape index (κ2) is 9.64. The maximum absolute atomic E-state index is 12.7. The number of carbonyl (C=O) groups is 3. The molecule has 1 aliphatic heterocycles. The molecule has 1 aliphatic rings. The van der Waals surface area contributed by atoms with Crippen molar-refractivity contribution in [2.45, 2.75) is 39.7 Å². The number of anilines is 2. The highest BCUT2D eigenvalue weighted by molar-refractivity contribution is 6.01. The Morgan fingerprint density at radius 3 is 2.68 bits per heavy atom. The summed E-state index contributed by atoms with van der Waals surface area (Å²) in [5, 5.41) is 2.74. The third kappa shape index (κ3) is 5.05. The highest BCUT2D eigenvalue weighted by atomic mass is 16.5. The quantitative estimate of drug-likeness (QED) is 0.688. The van der Waals surface area contributed by atoms with Gasteiger partial charge in [-0.3, -0.25) is 14.4 Å². The Morgan fingerprint density at radius 2 is 1.97 bits per heavy atom. The van der Waals surface area contributed by atoms with Gasteiger partial charge in [0.05, 0.1) is 18.7 Å². The van der Waals surface area contributed by atoms with Crippen LogP contribution >= 0.6 is 0 Å². The van der Waals surface area contributed by atoms with E-state index in [1.54, 1.807) is 17.0 Å². The van der Waals surface area contributed by atoms with Crippen LogP contribution in [0.4, 0.5) is 11.4 Å². The Kier molecular flexibility index (Phi) is 6.95. The summed E-state index contributed by atoms with van der Waals surface area (Å²) >= 11 is 0. The lowest BCUT2D eigenvalue weighted by atomic mass is 10.1. The lowest BCUT2D eigenvalue weighted by molar-refractivity contribution is -0.157. The van der Waals surface area contributed by atoms with Gasteiger partial charge >= 0.3 is 5.97 Å². The minimum Gasteiger partial charge on any atom is -0.495 e. The van der Waals surface area contributed by atoms with E-state index in [9.17, 15) is 14.4 Å². The molecule has 7 heteroatoms. The minimum absolute atomic E-state index is 0.0664. The first-order valence-electron chi connectivity index (χ1n) is 10.4. The monoisotopic (exact) mass is 424 g/mol. The van der Waals surface area contributed by atoms with Gasteiger partial charge in [0.2, 0.25) is 5.91 Å². The van der Waals surface area contributed by atoms with Crippen LogP contribution in [0.3, 0.4) is 0 Å². The van der Waals surface area contributed by atoms with E-state index < -0.39 is 23.9 Å². The van der Waals surface area contributed by atoms with E-state index in [-0.39, 0.29) is 18.9 Å². The predicted octanol–water partition coefficient (Wildman–Crippen LogP) is 3.49. The number of nitrogens with zero attached hydrogens (tertiary/aromatic N) is 1. The molecule has 1 saturated heterocycles. The van der Waals surface area contributed by atoms with Crippen LogP contribution in [0.2, 0.25) is 0 Å². The number of benzene rings is 2. The summed E-state index contributed by atoms with van der Waals surface area (Å²) < 4.78 is 10.7. The number of amides is 2. The Labute approximate surface area is 182 Å². The average molecular weight is 424 g/mol. The van der Waals surface area contributed by atoms with E-state index in [1.807, 2.05) is 44.2 Å². The van der Waals surface area contributed by atoms with Gasteiger partial charge in [0.1, 0.15) is 5.75 Å². The van der Waals surface area contributed by atoms with E-state index in [1.165, 1.54) is 14.0 Å². The molecule has 1 heterocycles. The van der Waals surface area contributed by atoms with Crippen molar-refractivity contribution in [2.24, 2.45) is 5.92 Å². The van der Waals surface area contributed by atoms with Crippen LogP contribution in [0, 0.1) is 12.8 Å². The van der Waals surface area contributed by atoms with Crippen molar-refractivity contribution < 1.29 is 23.9 Å². The molecule has 0 aromatic heterocycles. The first-order valence-corrected chi connectivity index (χ1v) is 10.4. The number of para-hydroxylation sites is 1. The van der Waals surface area contributed by atoms with Gasteiger partial charge in [-0.05, 0) is 49.6 Å². The summed E-state index contributed by atoms with van der Waals surface area (Å²) in [6, 6.07) is 13.1. The summed E-state index contributed by atoms with van der Waals surface area (Å²) in [5.41, 5.74) is 3.33. The molecule has 0 spiro atoms. The summed E-state index contributed by atoms with van der Waals surface area (Å²) in [4.78, 5) is 39.4. The van der Waals surface area contributed by atoms with Crippen molar-refractivity contribution in [2.75, 3.05) is 23.9 Å².